The summed E-state index contributed by atoms with van der Waals surface area (Å²) in [5.74, 6) is 1.59. The van der Waals surface area contributed by atoms with Crippen molar-refractivity contribution in [3.8, 4) is 29.0 Å². The summed E-state index contributed by atoms with van der Waals surface area (Å²) in [6, 6.07) is 159. The molecular weight excluding hydrogens is 1360 g/mol. The zero-order valence-corrected chi connectivity index (χ0v) is 62.1. The van der Waals surface area contributed by atoms with Crippen LogP contribution in [-0.2, 0) is 0 Å². The molecule has 9 heteroatoms. The van der Waals surface area contributed by atoms with Crippen LogP contribution in [0.2, 0.25) is 0 Å². The zero-order chi connectivity index (χ0) is 71.6. The van der Waals surface area contributed by atoms with Crippen molar-refractivity contribution >= 4 is 152 Å². The molecule has 4 heterocycles. The van der Waals surface area contributed by atoms with Gasteiger partial charge >= 0.3 is 0 Å². The number of para-hydroxylation sites is 4. The van der Waals surface area contributed by atoms with Crippen molar-refractivity contribution in [1.82, 2.24) is 28.7 Å². The second-order valence-electron chi connectivity index (χ2n) is 28.1. The SMILES string of the molecule is c1ccc([Si](c2ccccc2)(c2ccccc2)c2cccc(-c3nc(-n4c5ccccc5c5ccccc54)nc(-n4c5ccccc5c5ccc6c(c7ccccc7n6-c6cc([Si](c7ccccc7)(c7ccccc7)c7ccccc7)cc([Si](c7ccccc7)(c7ccccc7)c7ccccc7)c6)c54)n3)c2)cc1. The van der Waals surface area contributed by atoms with Gasteiger partial charge in [0.05, 0.1) is 33.1 Å². The zero-order valence-electron chi connectivity index (χ0n) is 59.1. The summed E-state index contributed by atoms with van der Waals surface area (Å²) >= 11 is 0. The Labute approximate surface area is 629 Å². The van der Waals surface area contributed by atoms with Crippen molar-refractivity contribution in [2.75, 3.05) is 0 Å². The van der Waals surface area contributed by atoms with E-state index in [2.05, 4.69) is 438 Å². The van der Waals surface area contributed by atoms with Gasteiger partial charge in [0.2, 0.25) is 11.9 Å². The summed E-state index contributed by atoms with van der Waals surface area (Å²) < 4.78 is 7.17. The Morgan fingerprint density at radius 2 is 0.481 bits per heavy atom. The Kier molecular flexibility index (Phi) is 15.8. The number of hydrogen-bond donors (Lipinski definition) is 0. The van der Waals surface area contributed by atoms with Gasteiger partial charge in [-0.15, -0.1) is 0 Å². The highest BCUT2D eigenvalue weighted by atomic mass is 28.3. The highest BCUT2D eigenvalue weighted by Gasteiger charge is 2.47. The first kappa shape index (κ1) is 64.2. The first-order valence-electron chi connectivity index (χ1n) is 37.1. The molecule has 0 unspecified atom stereocenters. The number of nitrogens with zero attached hydrogens (tertiary/aromatic N) is 6. The summed E-state index contributed by atoms with van der Waals surface area (Å²) in [6.45, 7) is 0. The van der Waals surface area contributed by atoms with Crippen LogP contribution in [0, 0.1) is 0 Å². The lowest BCUT2D eigenvalue weighted by atomic mass is 10.1. The van der Waals surface area contributed by atoms with E-state index in [1.807, 2.05) is 0 Å². The van der Waals surface area contributed by atoms with Gasteiger partial charge in [-0.2, -0.15) is 15.0 Å². The van der Waals surface area contributed by atoms with Gasteiger partial charge in [0.1, 0.15) is 0 Å². The number of aromatic nitrogens is 6. The van der Waals surface area contributed by atoms with E-state index in [9.17, 15) is 0 Å². The Bertz CT molecular complexity index is 6230. The lowest BCUT2D eigenvalue weighted by Gasteiger charge is -2.38. The molecule has 20 rings (SSSR count). The highest BCUT2D eigenvalue weighted by Crippen LogP contribution is 2.43. The van der Waals surface area contributed by atoms with Crippen LogP contribution < -0.4 is 62.2 Å². The molecule has 508 valence electrons. The summed E-state index contributed by atoms with van der Waals surface area (Å²) in [5, 5.41) is 22.1. The molecule has 20 aromatic rings. The van der Waals surface area contributed by atoms with Crippen LogP contribution in [0.3, 0.4) is 0 Å². The lowest BCUT2D eigenvalue weighted by molar-refractivity contribution is 0.894. The average Bonchev–Trinajstić information content (AvgIpc) is 1.08. The second kappa shape index (κ2) is 26.6. The Balaban J connectivity index is 0.910. The molecule has 0 aliphatic carbocycles. The van der Waals surface area contributed by atoms with E-state index >= 15 is 0 Å². The summed E-state index contributed by atoms with van der Waals surface area (Å²) in [5.41, 5.74) is 8.11. The van der Waals surface area contributed by atoms with Crippen molar-refractivity contribution in [3.63, 3.8) is 0 Å². The van der Waals surface area contributed by atoms with E-state index in [4.69, 9.17) is 15.0 Å². The van der Waals surface area contributed by atoms with Crippen LogP contribution in [0.1, 0.15) is 0 Å². The highest BCUT2D eigenvalue weighted by molar-refractivity contribution is 7.22. The molecule has 0 N–H and O–H groups in total. The topological polar surface area (TPSA) is 53.5 Å². The lowest BCUT2D eigenvalue weighted by Crippen LogP contribution is -2.78. The van der Waals surface area contributed by atoms with Crippen molar-refractivity contribution in [2.24, 2.45) is 0 Å². The average molecular weight is 1430 g/mol. The number of rotatable bonds is 16. The molecule has 6 nitrogen and oxygen atoms in total. The minimum absolute atomic E-state index is 0.508. The smallest absolute Gasteiger partial charge is 0.240 e. The molecule has 0 aliphatic heterocycles. The molecule has 16 aromatic carbocycles. The van der Waals surface area contributed by atoms with E-state index in [-0.39, 0.29) is 0 Å². The largest absolute Gasteiger partial charge is 0.309 e. The van der Waals surface area contributed by atoms with Crippen LogP contribution in [0.4, 0.5) is 0 Å². The van der Waals surface area contributed by atoms with Gasteiger partial charge in [0.25, 0.3) is 0 Å². The first-order chi connectivity index (χ1) is 53.6. The van der Waals surface area contributed by atoms with Crippen molar-refractivity contribution in [1.29, 1.82) is 0 Å². The standard InChI is InChI=1S/C99H70N6Si3/c1-10-38-73(39-11-1)106(74-40-12-2-13-41-74,75-42-14-3-15-43-75)82-56-36-37-71(67-82)97-100-98(104-90-61-32-28-57-85(90)86-58-29-33-62-91(86)104)102-99(101-97)105-92-63-34-30-59-87(92)88-65-66-94-95(96(88)105)89-60-31-35-64-93(89)103(94)72-68-83(107(76-44-16-4-17-45-76,77-46-18-5-19-47-77)78-48-20-6-21-49-78)70-84(69-72)108(79-50-22-7-23-51-79,80-52-24-8-25-53-80)81-54-26-9-27-55-81/h1-70H. The molecule has 0 radical (unpaired) electrons. The number of hydrogen-bond acceptors (Lipinski definition) is 3. The fourth-order valence-corrected chi connectivity index (χ4v) is 32.6. The fourth-order valence-electron chi connectivity index (χ4n) is 18.1. The normalized spacial score (nSPS) is 12.1. The molecule has 0 amide bonds. The molecule has 108 heavy (non-hydrogen) atoms. The van der Waals surface area contributed by atoms with E-state index in [0.717, 1.165) is 76.7 Å². The summed E-state index contributed by atoms with van der Waals surface area (Å²) in [4.78, 5) is 17.5. The molecule has 0 spiro atoms. The molecule has 0 fully saturated rings. The third kappa shape index (κ3) is 10.1. The van der Waals surface area contributed by atoms with E-state index in [1.54, 1.807) is 0 Å². The number of fused-ring (bicyclic) bond motifs is 10. The maximum Gasteiger partial charge on any atom is 0.240 e. The minimum Gasteiger partial charge on any atom is -0.309 e. The third-order valence-electron chi connectivity index (χ3n) is 22.5. The number of benzene rings is 16. The molecule has 0 atom stereocenters. The minimum atomic E-state index is -3.29. The first-order valence-corrected chi connectivity index (χ1v) is 43.1. The Morgan fingerprint density at radius 3 is 0.861 bits per heavy atom. The van der Waals surface area contributed by atoms with E-state index in [1.165, 1.54) is 62.2 Å². The molecule has 4 aromatic heterocycles. The van der Waals surface area contributed by atoms with Gasteiger partial charge in [-0.3, -0.25) is 9.13 Å². The van der Waals surface area contributed by atoms with Gasteiger partial charge in [-0.25, -0.2) is 0 Å². The third-order valence-corrected chi connectivity index (χ3v) is 36.8. The van der Waals surface area contributed by atoms with Crippen LogP contribution in [0.15, 0.2) is 425 Å². The van der Waals surface area contributed by atoms with Gasteiger partial charge < -0.3 is 4.57 Å². The van der Waals surface area contributed by atoms with Crippen LogP contribution in [-0.4, -0.2) is 52.9 Å². The van der Waals surface area contributed by atoms with Gasteiger partial charge in [-0.05, 0) is 105 Å². The maximum atomic E-state index is 5.90. The van der Waals surface area contributed by atoms with Crippen LogP contribution >= 0.6 is 0 Å². The second-order valence-corrected chi connectivity index (χ2v) is 39.5. The molecular formula is C99H70N6Si3. The Hall–Kier alpha value is -13.4. The van der Waals surface area contributed by atoms with Gasteiger partial charge in [-0.1, -0.05) is 382 Å². The molecule has 0 aliphatic rings. The van der Waals surface area contributed by atoms with Gasteiger partial charge in [0, 0.05) is 43.6 Å². The summed E-state index contributed by atoms with van der Waals surface area (Å²) in [7, 11) is -9.62. The monoisotopic (exact) mass is 1430 g/mol. The van der Waals surface area contributed by atoms with Crippen molar-refractivity contribution in [3.05, 3.63) is 425 Å². The van der Waals surface area contributed by atoms with Crippen molar-refractivity contribution < 1.29 is 0 Å². The van der Waals surface area contributed by atoms with Crippen molar-refractivity contribution in [2.45, 2.75) is 0 Å². The quantitative estimate of drug-likeness (QED) is 0.0716. The fraction of sp³-hybridized carbons (Fsp3) is 0. The van der Waals surface area contributed by atoms with Gasteiger partial charge in [0.15, 0.2) is 30.0 Å². The van der Waals surface area contributed by atoms with E-state index in [0.29, 0.717) is 17.7 Å². The van der Waals surface area contributed by atoms with E-state index < -0.39 is 24.2 Å². The predicted octanol–water partition coefficient (Wildman–Crippen LogP) is 15.0. The Morgan fingerprint density at radius 1 is 0.185 bits per heavy atom. The molecule has 0 saturated carbocycles. The maximum absolute atomic E-state index is 5.90. The summed E-state index contributed by atoms with van der Waals surface area (Å²) in [6.07, 6.45) is 0. The van der Waals surface area contributed by atoms with Crippen LogP contribution in [0.5, 0.6) is 0 Å². The molecule has 0 saturated heterocycles. The van der Waals surface area contributed by atoms with Crippen LogP contribution in [0.25, 0.3) is 94.4 Å². The predicted molar refractivity (Wildman–Crippen MR) is 459 cm³/mol. The molecule has 0 bridgehead atoms.